The van der Waals surface area contributed by atoms with Crippen molar-refractivity contribution in [2.24, 2.45) is 11.3 Å². The molecule has 0 bridgehead atoms. The van der Waals surface area contributed by atoms with Gasteiger partial charge in [0.25, 0.3) is 0 Å². The molecular weight excluding hydrogens is 362 g/mol. The van der Waals surface area contributed by atoms with Crippen LogP contribution in [0.5, 0.6) is 0 Å². The van der Waals surface area contributed by atoms with E-state index in [-0.39, 0.29) is 18.0 Å². The lowest BCUT2D eigenvalue weighted by Crippen LogP contribution is -2.60. The quantitative estimate of drug-likeness (QED) is 0.720. The normalized spacial score (nSPS) is 27.4. The van der Waals surface area contributed by atoms with Gasteiger partial charge in [0.1, 0.15) is 0 Å². The molecule has 1 atom stereocenters. The number of aliphatic hydroxyl groups is 1. The second kappa shape index (κ2) is 7.45. The van der Waals surface area contributed by atoms with Crippen LogP contribution in [-0.2, 0) is 12.1 Å². The molecule has 1 unspecified atom stereocenters. The number of nitrogens with zero attached hydrogens (tertiary/aromatic N) is 1. The molecule has 29 heavy (non-hydrogen) atoms. The zero-order chi connectivity index (χ0) is 20.6. The van der Waals surface area contributed by atoms with E-state index in [2.05, 4.69) is 34.7 Å². The van der Waals surface area contributed by atoms with E-state index >= 15 is 0 Å². The fraction of sp³-hybridized carbons (Fsp3) is 0.500. The molecule has 2 aliphatic carbocycles. The van der Waals surface area contributed by atoms with Crippen LogP contribution in [0.2, 0.25) is 0 Å². The first-order valence-corrected chi connectivity index (χ1v) is 10.5. The molecule has 2 aromatic rings. The van der Waals surface area contributed by atoms with E-state index in [4.69, 9.17) is 0 Å². The van der Waals surface area contributed by atoms with E-state index in [1.54, 1.807) is 6.20 Å². The van der Waals surface area contributed by atoms with Crippen LogP contribution in [0.25, 0.3) is 0 Å². The monoisotopic (exact) mass is 393 g/mol. The molecule has 3 N–H and O–H groups in total. The Balaban J connectivity index is 1.21. The number of amides is 2. The zero-order valence-corrected chi connectivity index (χ0v) is 17.5. The Hall–Kier alpha value is -2.40. The van der Waals surface area contributed by atoms with Gasteiger partial charge >= 0.3 is 6.03 Å². The van der Waals surface area contributed by atoms with E-state index in [9.17, 15) is 9.90 Å². The molecule has 5 nitrogen and oxygen atoms in total. The number of pyridine rings is 1. The van der Waals surface area contributed by atoms with Gasteiger partial charge in [0.2, 0.25) is 0 Å². The van der Waals surface area contributed by atoms with Crippen molar-refractivity contribution in [3.05, 3.63) is 65.0 Å². The summed E-state index contributed by atoms with van der Waals surface area (Å²) >= 11 is 0. The summed E-state index contributed by atoms with van der Waals surface area (Å²) in [6.07, 6.45) is 5.82. The Kier molecular flexibility index (Phi) is 5.11. The number of hydrogen-bond donors (Lipinski definition) is 3. The highest BCUT2D eigenvalue weighted by Gasteiger charge is 2.57. The largest absolute Gasteiger partial charge is 0.385 e. The predicted octanol–water partition coefficient (Wildman–Crippen LogP) is 3.96. The Morgan fingerprint density at radius 2 is 1.83 bits per heavy atom. The molecule has 1 heterocycles. The molecule has 2 saturated carbocycles. The van der Waals surface area contributed by atoms with E-state index in [1.807, 2.05) is 38.1 Å². The van der Waals surface area contributed by atoms with Crippen molar-refractivity contribution in [1.82, 2.24) is 15.6 Å². The molecule has 2 fully saturated rings. The molecule has 1 spiro atoms. The molecule has 0 radical (unpaired) electrons. The Morgan fingerprint density at radius 1 is 1.14 bits per heavy atom. The lowest BCUT2D eigenvalue weighted by molar-refractivity contribution is -0.139. The topological polar surface area (TPSA) is 74.2 Å². The Morgan fingerprint density at radius 3 is 2.45 bits per heavy atom. The SMILES string of the molecule is Cc1ccc(CNC(=O)NC2CC3(C2)CC(C(C)(O)c2ccc(C)nc2)C3)cc1. The number of benzene rings is 1. The number of aromatic nitrogens is 1. The standard InChI is InChI=1S/C24H31N3O2/c1-16-4-7-18(8-5-16)14-26-22(28)27-21-12-24(13-21)10-20(11-24)23(3,29)19-9-6-17(2)25-15-19/h4-9,15,20-21,29H,10-14H2,1-3H3,(H2,26,27,28). The van der Waals surface area contributed by atoms with Crippen LogP contribution >= 0.6 is 0 Å². The second-order valence-corrected chi connectivity index (χ2v) is 9.36. The van der Waals surface area contributed by atoms with Gasteiger partial charge in [-0.3, -0.25) is 4.98 Å². The van der Waals surface area contributed by atoms with Crippen LogP contribution in [0.3, 0.4) is 0 Å². The minimum atomic E-state index is -0.837. The van der Waals surface area contributed by atoms with Crippen LogP contribution in [-0.4, -0.2) is 22.2 Å². The third kappa shape index (κ3) is 4.15. The molecular formula is C24H31N3O2. The predicted molar refractivity (Wildman–Crippen MR) is 113 cm³/mol. The van der Waals surface area contributed by atoms with Crippen LogP contribution in [0, 0.1) is 25.2 Å². The minimum absolute atomic E-state index is 0.0981. The summed E-state index contributed by atoms with van der Waals surface area (Å²) in [6.45, 7) is 6.46. The Bertz CT molecular complexity index is 860. The number of carbonyl (C=O) groups is 1. The van der Waals surface area contributed by atoms with Crippen molar-refractivity contribution in [1.29, 1.82) is 0 Å². The van der Waals surface area contributed by atoms with Gasteiger partial charge in [0.05, 0.1) is 5.60 Å². The van der Waals surface area contributed by atoms with Gasteiger partial charge in [-0.05, 0) is 69.4 Å². The summed E-state index contributed by atoms with van der Waals surface area (Å²) in [6, 6.07) is 12.3. The highest BCUT2D eigenvalue weighted by Crippen LogP contribution is 2.62. The summed E-state index contributed by atoms with van der Waals surface area (Å²) in [7, 11) is 0. The first kappa shape index (κ1) is 19.9. The smallest absolute Gasteiger partial charge is 0.315 e. The van der Waals surface area contributed by atoms with Crippen molar-refractivity contribution in [2.75, 3.05) is 0 Å². The summed E-state index contributed by atoms with van der Waals surface area (Å²) < 4.78 is 0. The average Bonchev–Trinajstić information content (AvgIpc) is 2.62. The van der Waals surface area contributed by atoms with E-state index in [1.165, 1.54) is 5.56 Å². The molecule has 0 aliphatic heterocycles. The van der Waals surface area contributed by atoms with Crippen LogP contribution in [0.1, 0.15) is 55.0 Å². The molecule has 1 aromatic heterocycles. The molecule has 2 aliphatic rings. The van der Waals surface area contributed by atoms with Crippen LogP contribution in [0.4, 0.5) is 4.79 Å². The van der Waals surface area contributed by atoms with Crippen LogP contribution in [0.15, 0.2) is 42.6 Å². The molecule has 1 aromatic carbocycles. The molecule has 0 saturated heterocycles. The first-order chi connectivity index (χ1) is 13.8. The van der Waals surface area contributed by atoms with Gasteiger partial charge in [-0.2, -0.15) is 0 Å². The first-order valence-electron chi connectivity index (χ1n) is 10.5. The van der Waals surface area contributed by atoms with Gasteiger partial charge in [0, 0.05) is 30.0 Å². The van der Waals surface area contributed by atoms with Crippen molar-refractivity contribution < 1.29 is 9.90 Å². The van der Waals surface area contributed by atoms with Crippen LogP contribution < -0.4 is 10.6 Å². The van der Waals surface area contributed by atoms with Gasteiger partial charge in [-0.15, -0.1) is 0 Å². The maximum absolute atomic E-state index is 12.2. The third-order valence-electron chi connectivity index (χ3n) is 6.92. The fourth-order valence-electron chi connectivity index (χ4n) is 4.93. The maximum Gasteiger partial charge on any atom is 0.315 e. The molecule has 5 heteroatoms. The highest BCUT2D eigenvalue weighted by atomic mass is 16.3. The van der Waals surface area contributed by atoms with E-state index in [0.717, 1.165) is 42.5 Å². The summed E-state index contributed by atoms with van der Waals surface area (Å²) in [4.78, 5) is 16.5. The van der Waals surface area contributed by atoms with Gasteiger partial charge in [0.15, 0.2) is 0 Å². The molecule has 154 valence electrons. The van der Waals surface area contributed by atoms with E-state index in [0.29, 0.717) is 12.0 Å². The molecule has 2 amide bonds. The number of nitrogens with one attached hydrogen (secondary N) is 2. The third-order valence-corrected chi connectivity index (χ3v) is 6.92. The van der Waals surface area contributed by atoms with E-state index < -0.39 is 5.60 Å². The highest BCUT2D eigenvalue weighted by molar-refractivity contribution is 5.74. The number of rotatable bonds is 5. The average molecular weight is 394 g/mol. The van der Waals surface area contributed by atoms with Crippen molar-refractivity contribution >= 4 is 6.03 Å². The summed E-state index contributed by atoms with van der Waals surface area (Å²) in [5.74, 6) is 0.253. The lowest BCUT2D eigenvalue weighted by Gasteiger charge is -2.60. The number of hydrogen-bond acceptors (Lipinski definition) is 3. The number of urea groups is 1. The van der Waals surface area contributed by atoms with Crippen molar-refractivity contribution in [3.63, 3.8) is 0 Å². The van der Waals surface area contributed by atoms with Gasteiger partial charge in [-0.1, -0.05) is 35.9 Å². The zero-order valence-electron chi connectivity index (χ0n) is 17.5. The van der Waals surface area contributed by atoms with Crippen molar-refractivity contribution in [3.8, 4) is 0 Å². The Labute approximate surface area is 172 Å². The van der Waals surface area contributed by atoms with Gasteiger partial charge in [-0.25, -0.2) is 4.79 Å². The number of carbonyl (C=O) groups excluding carboxylic acids is 1. The summed E-state index contributed by atoms with van der Waals surface area (Å²) in [5, 5.41) is 17.1. The van der Waals surface area contributed by atoms with Gasteiger partial charge < -0.3 is 15.7 Å². The maximum atomic E-state index is 12.2. The second-order valence-electron chi connectivity index (χ2n) is 9.36. The van der Waals surface area contributed by atoms with Crippen molar-refractivity contribution in [2.45, 2.75) is 64.6 Å². The summed E-state index contributed by atoms with van der Waals surface area (Å²) in [5.41, 5.74) is 3.63. The minimum Gasteiger partial charge on any atom is -0.385 e. The molecule has 4 rings (SSSR count). The number of aryl methyl sites for hydroxylation is 2. The fourth-order valence-corrected chi connectivity index (χ4v) is 4.93. The lowest BCUT2D eigenvalue weighted by atomic mass is 9.47.